The lowest BCUT2D eigenvalue weighted by molar-refractivity contribution is -0.136. The molecular weight excluding hydrogens is 372 g/mol. The molecule has 4 aliphatic rings. The number of hydrogen-bond acceptors (Lipinski definition) is 6. The lowest BCUT2D eigenvalue weighted by Crippen LogP contribution is -2.54. The van der Waals surface area contributed by atoms with Crippen molar-refractivity contribution in [2.45, 2.75) is 50.7 Å². The summed E-state index contributed by atoms with van der Waals surface area (Å²) in [6.07, 6.45) is 3.83. The highest BCUT2D eigenvalue weighted by Gasteiger charge is 2.48. The number of nitrogens with two attached hydrogens (primary N) is 1. The van der Waals surface area contributed by atoms with Gasteiger partial charge < -0.3 is 5.73 Å². The van der Waals surface area contributed by atoms with Gasteiger partial charge in [-0.3, -0.25) is 34.3 Å². The minimum absolute atomic E-state index is 0.117. The summed E-state index contributed by atoms with van der Waals surface area (Å²) in [5.74, 6) is -1.90. The number of benzene rings is 1. The predicted octanol–water partition coefficient (Wildman–Crippen LogP) is 0.401. The average Bonchev–Trinajstić information content (AvgIpc) is 3.34. The number of imide groups is 2. The zero-order valence-electron chi connectivity index (χ0n) is 16.1. The highest BCUT2D eigenvalue weighted by Crippen LogP contribution is 2.51. The van der Waals surface area contributed by atoms with Crippen LogP contribution in [0.1, 0.15) is 58.4 Å². The van der Waals surface area contributed by atoms with Crippen molar-refractivity contribution in [3.05, 3.63) is 34.9 Å². The zero-order chi connectivity index (χ0) is 20.3. The summed E-state index contributed by atoms with van der Waals surface area (Å²) in [7, 11) is 0. The van der Waals surface area contributed by atoms with E-state index in [1.54, 1.807) is 12.1 Å². The molecule has 0 radical (unpaired) electrons. The fraction of sp³-hybridized carbons (Fsp3) is 0.524. The van der Waals surface area contributed by atoms with Crippen molar-refractivity contribution in [3.8, 4) is 0 Å². The smallest absolute Gasteiger partial charge is 0.262 e. The molecule has 8 heteroatoms. The van der Waals surface area contributed by atoms with Gasteiger partial charge in [0.25, 0.3) is 11.8 Å². The van der Waals surface area contributed by atoms with Crippen molar-refractivity contribution in [2.24, 2.45) is 11.1 Å². The summed E-state index contributed by atoms with van der Waals surface area (Å²) in [4.78, 5) is 52.6. The van der Waals surface area contributed by atoms with Gasteiger partial charge in [-0.15, -0.1) is 0 Å². The number of hydrogen-bond donors (Lipinski definition) is 2. The number of nitrogens with zero attached hydrogens (tertiary/aromatic N) is 2. The standard InChI is InChI=1S/C21H24N4O4/c22-13-8-21(5-6-21)11-24(10-13)9-12-1-2-14-15(7-12)20(29)25(19(14)28)16-3-4-17(26)23-18(16)27/h1-2,7,13,16H,3-6,8-11,22H2,(H,23,26,27). The van der Waals surface area contributed by atoms with E-state index in [4.69, 9.17) is 5.73 Å². The monoisotopic (exact) mass is 396 g/mol. The second-order valence-corrected chi connectivity index (χ2v) is 8.96. The number of likely N-dealkylation sites (tertiary alicyclic amines) is 1. The summed E-state index contributed by atoms with van der Waals surface area (Å²) in [6.45, 7) is 2.53. The van der Waals surface area contributed by atoms with E-state index in [1.165, 1.54) is 12.8 Å². The Morgan fingerprint density at radius 2 is 1.86 bits per heavy atom. The quantitative estimate of drug-likeness (QED) is 0.715. The molecular formula is C21H24N4O4. The van der Waals surface area contributed by atoms with Crippen LogP contribution in [-0.2, 0) is 16.1 Å². The first-order chi connectivity index (χ1) is 13.8. The van der Waals surface area contributed by atoms with Gasteiger partial charge in [0.2, 0.25) is 11.8 Å². The Kier molecular flexibility index (Phi) is 4.11. The van der Waals surface area contributed by atoms with Gasteiger partial charge in [0.1, 0.15) is 6.04 Å². The first-order valence-electron chi connectivity index (χ1n) is 10.2. The number of carbonyl (C=O) groups excluding carboxylic acids is 4. The van der Waals surface area contributed by atoms with Crippen molar-refractivity contribution < 1.29 is 19.2 Å². The normalized spacial score (nSPS) is 28.7. The SMILES string of the molecule is NC1CN(Cc2ccc3c(c2)C(=O)N(C2CCC(=O)NC2=O)C3=O)CC2(CC2)C1. The van der Waals surface area contributed by atoms with E-state index < -0.39 is 23.8 Å². The van der Waals surface area contributed by atoms with Crippen molar-refractivity contribution in [3.63, 3.8) is 0 Å². The third kappa shape index (κ3) is 3.16. The van der Waals surface area contributed by atoms with E-state index in [9.17, 15) is 19.2 Å². The van der Waals surface area contributed by atoms with E-state index in [0.29, 0.717) is 23.1 Å². The molecule has 1 aliphatic carbocycles. The third-order valence-electron chi connectivity index (χ3n) is 6.61. The first-order valence-corrected chi connectivity index (χ1v) is 10.2. The maximum Gasteiger partial charge on any atom is 0.262 e. The van der Waals surface area contributed by atoms with E-state index >= 15 is 0 Å². The van der Waals surface area contributed by atoms with Crippen molar-refractivity contribution in [1.82, 2.24) is 15.1 Å². The lowest BCUT2D eigenvalue weighted by Gasteiger charge is -2.36. The van der Waals surface area contributed by atoms with Crippen molar-refractivity contribution in [2.75, 3.05) is 13.1 Å². The Morgan fingerprint density at radius 1 is 1.10 bits per heavy atom. The topological polar surface area (TPSA) is 113 Å². The molecule has 0 bridgehead atoms. The van der Waals surface area contributed by atoms with Crippen LogP contribution in [0.2, 0.25) is 0 Å². The molecule has 4 amide bonds. The molecule has 3 heterocycles. The molecule has 2 atom stereocenters. The van der Waals surface area contributed by atoms with Crippen LogP contribution >= 0.6 is 0 Å². The van der Waals surface area contributed by atoms with Crippen LogP contribution in [0.4, 0.5) is 0 Å². The number of carbonyl (C=O) groups is 4. The Labute approximate surface area is 168 Å². The molecule has 1 spiro atoms. The molecule has 8 nitrogen and oxygen atoms in total. The van der Waals surface area contributed by atoms with Gasteiger partial charge in [0.15, 0.2) is 0 Å². The van der Waals surface area contributed by atoms with E-state index in [2.05, 4.69) is 10.2 Å². The Morgan fingerprint density at radius 3 is 2.59 bits per heavy atom. The number of rotatable bonds is 3. The van der Waals surface area contributed by atoms with Gasteiger partial charge in [0, 0.05) is 32.1 Å². The van der Waals surface area contributed by atoms with E-state index in [-0.39, 0.29) is 24.8 Å². The van der Waals surface area contributed by atoms with Crippen LogP contribution in [0.5, 0.6) is 0 Å². The number of piperidine rings is 2. The Balaban J connectivity index is 1.35. The molecule has 152 valence electrons. The summed E-state index contributed by atoms with van der Waals surface area (Å²) in [5.41, 5.74) is 8.23. The third-order valence-corrected chi connectivity index (χ3v) is 6.61. The number of fused-ring (bicyclic) bond motifs is 1. The molecule has 29 heavy (non-hydrogen) atoms. The number of amides is 4. The largest absolute Gasteiger partial charge is 0.327 e. The van der Waals surface area contributed by atoms with E-state index in [0.717, 1.165) is 30.0 Å². The molecule has 1 aromatic carbocycles. The summed E-state index contributed by atoms with van der Waals surface area (Å²) >= 11 is 0. The summed E-state index contributed by atoms with van der Waals surface area (Å²) < 4.78 is 0. The van der Waals surface area contributed by atoms with Crippen LogP contribution in [-0.4, -0.2) is 58.6 Å². The Bertz CT molecular complexity index is 939. The maximum absolute atomic E-state index is 12.9. The second-order valence-electron chi connectivity index (χ2n) is 8.96. The predicted molar refractivity (Wildman–Crippen MR) is 103 cm³/mol. The lowest BCUT2D eigenvalue weighted by atomic mass is 9.91. The highest BCUT2D eigenvalue weighted by atomic mass is 16.2. The fourth-order valence-corrected chi connectivity index (χ4v) is 5.09. The molecule has 2 saturated heterocycles. The van der Waals surface area contributed by atoms with Crippen LogP contribution in [0.3, 0.4) is 0 Å². The zero-order valence-corrected chi connectivity index (χ0v) is 16.1. The van der Waals surface area contributed by atoms with Crippen LogP contribution < -0.4 is 11.1 Å². The molecule has 3 aliphatic heterocycles. The second kappa shape index (κ2) is 6.47. The van der Waals surface area contributed by atoms with Crippen molar-refractivity contribution >= 4 is 23.6 Å². The van der Waals surface area contributed by atoms with Gasteiger partial charge in [-0.25, -0.2) is 0 Å². The van der Waals surface area contributed by atoms with Gasteiger partial charge >= 0.3 is 0 Å². The minimum Gasteiger partial charge on any atom is -0.327 e. The van der Waals surface area contributed by atoms with Gasteiger partial charge in [-0.2, -0.15) is 0 Å². The van der Waals surface area contributed by atoms with Crippen molar-refractivity contribution in [1.29, 1.82) is 0 Å². The van der Waals surface area contributed by atoms with E-state index in [1.807, 2.05) is 6.07 Å². The molecule has 3 N–H and O–H groups in total. The number of nitrogens with one attached hydrogen (secondary N) is 1. The summed E-state index contributed by atoms with van der Waals surface area (Å²) in [6, 6.07) is 4.55. The average molecular weight is 396 g/mol. The summed E-state index contributed by atoms with van der Waals surface area (Å²) in [5, 5.41) is 2.21. The molecule has 1 aromatic rings. The molecule has 3 fully saturated rings. The maximum atomic E-state index is 12.9. The van der Waals surface area contributed by atoms with Crippen LogP contribution in [0.15, 0.2) is 18.2 Å². The van der Waals surface area contributed by atoms with Crippen LogP contribution in [0, 0.1) is 5.41 Å². The fourth-order valence-electron chi connectivity index (χ4n) is 5.09. The molecule has 2 unspecified atom stereocenters. The highest BCUT2D eigenvalue weighted by molar-refractivity contribution is 6.23. The minimum atomic E-state index is -0.932. The molecule has 1 saturated carbocycles. The van der Waals surface area contributed by atoms with Gasteiger partial charge in [-0.1, -0.05) is 6.07 Å². The van der Waals surface area contributed by atoms with Gasteiger partial charge in [-0.05, 0) is 48.8 Å². The molecule has 0 aromatic heterocycles. The molecule has 5 rings (SSSR count). The van der Waals surface area contributed by atoms with Gasteiger partial charge in [0.05, 0.1) is 11.1 Å². The Hall–Kier alpha value is -2.58. The van der Waals surface area contributed by atoms with Crippen LogP contribution in [0.25, 0.3) is 0 Å². The first kappa shape index (κ1) is 18.4.